The molecule has 1 amide bonds. The highest BCUT2D eigenvalue weighted by Gasteiger charge is 2.32. The van der Waals surface area contributed by atoms with E-state index in [0.717, 1.165) is 25.7 Å². The topological polar surface area (TPSA) is 72.4 Å². The Kier molecular flexibility index (Phi) is 3.77. The number of carbonyl (C=O) groups is 1. The van der Waals surface area contributed by atoms with Crippen molar-refractivity contribution in [1.82, 2.24) is 15.1 Å². The number of amides is 1. The number of nitrogens with zero attached hydrogens (tertiary/aromatic N) is 3. The van der Waals surface area contributed by atoms with Gasteiger partial charge in [-0.25, -0.2) is 0 Å². The second kappa shape index (κ2) is 5.71. The van der Waals surface area contributed by atoms with Gasteiger partial charge in [0.15, 0.2) is 0 Å². The van der Waals surface area contributed by atoms with Crippen LogP contribution in [0.1, 0.15) is 59.6 Å². The first-order valence-electron chi connectivity index (χ1n) is 7.32. The lowest BCUT2D eigenvalue weighted by atomic mass is 10.1. The molecule has 3 rings (SSSR count). The van der Waals surface area contributed by atoms with Crippen LogP contribution in [0.3, 0.4) is 0 Å². The van der Waals surface area contributed by atoms with Crippen LogP contribution in [0, 0.1) is 13.8 Å². The minimum Gasteiger partial charge on any atom is -0.469 e. The minimum absolute atomic E-state index is 0.0241. The predicted molar refractivity (Wildman–Crippen MR) is 74.7 cm³/mol. The monoisotopic (exact) mass is 289 g/mol. The van der Waals surface area contributed by atoms with Crippen molar-refractivity contribution in [3.63, 3.8) is 0 Å². The fraction of sp³-hybridized carbons (Fsp3) is 0.533. The van der Waals surface area contributed by atoms with Gasteiger partial charge in [-0.3, -0.25) is 4.79 Å². The van der Waals surface area contributed by atoms with Crippen molar-refractivity contribution >= 4 is 5.91 Å². The van der Waals surface area contributed by atoms with Gasteiger partial charge < -0.3 is 13.7 Å². The van der Waals surface area contributed by atoms with Gasteiger partial charge in [0, 0.05) is 13.5 Å². The van der Waals surface area contributed by atoms with E-state index in [1.165, 1.54) is 0 Å². The van der Waals surface area contributed by atoms with E-state index in [9.17, 15) is 4.79 Å². The maximum absolute atomic E-state index is 12.8. The van der Waals surface area contributed by atoms with Crippen LogP contribution < -0.4 is 0 Å². The summed E-state index contributed by atoms with van der Waals surface area (Å²) in [6, 6.07) is 1.58. The molecule has 6 heteroatoms. The molecule has 2 aromatic rings. The molecule has 1 fully saturated rings. The smallest absolute Gasteiger partial charge is 0.258 e. The maximum atomic E-state index is 12.8. The average Bonchev–Trinajstić information content (AvgIpc) is 3.00. The van der Waals surface area contributed by atoms with E-state index in [-0.39, 0.29) is 11.9 Å². The van der Waals surface area contributed by atoms with Crippen molar-refractivity contribution in [3.8, 4) is 0 Å². The first kappa shape index (κ1) is 13.9. The molecule has 0 aromatic carbocycles. The molecule has 0 bridgehead atoms. The number of hydrogen-bond acceptors (Lipinski definition) is 5. The van der Waals surface area contributed by atoms with Crippen LogP contribution in [0.15, 0.2) is 21.2 Å². The van der Waals surface area contributed by atoms with E-state index in [2.05, 4.69) is 10.2 Å². The number of hydrogen-bond donors (Lipinski definition) is 0. The van der Waals surface area contributed by atoms with Gasteiger partial charge in [-0.2, -0.15) is 0 Å². The van der Waals surface area contributed by atoms with Crippen LogP contribution in [-0.4, -0.2) is 27.5 Å². The summed E-state index contributed by atoms with van der Waals surface area (Å²) in [5.41, 5.74) is 0.609. The Morgan fingerprint density at radius 2 is 2.14 bits per heavy atom. The van der Waals surface area contributed by atoms with E-state index in [1.807, 2.05) is 4.90 Å². The van der Waals surface area contributed by atoms with Gasteiger partial charge in [-0.05, 0) is 25.8 Å². The van der Waals surface area contributed by atoms with Crippen LogP contribution in [-0.2, 0) is 0 Å². The SMILES string of the molecule is Cc1nnc(C2CCCCCN2C(=O)c2ccoc2C)o1. The molecule has 0 spiro atoms. The Morgan fingerprint density at radius 1 is 1.29 bits per heavy atom. The lowest BCUT2D eigenvalue weighted by Gasteiger charge is -2.27. The Labute approximate surface area is 123 Å². The third-order valence-corrected chi connectivity index (χ3v) is 3.93. The van der Waals surface area contributed by atoms with Crippen molar-refractivity contribution < 1.29 is 13.6 Å². The Balaban J connectivity index is 1.92. The molecule has 3 heterocycles. The van der Waals surface area contributed by atoms with Gasteiger partial charge in [0.1, 0.15) is 11.8 Å². The Morgan fingerprint density at radius 3 is 2.81 bits per heavy atom. The first-order valence-corrected chi connectivity index (χ1v) is 7.32. The van der Waals surface area contributed by atoms with Crippen molar-refractivity contribution in [3.05, 3.63) is 35.4 Å². The Bertz CT molecular complexity index is 632. The number of aromatic nitrogens is 2. The van der Waals surface area contributed by atoms with Crippen LogP contribution in [0.5, 0.6) is 0 Å². The number of furan rings is 1. The maximum Gasteiger partial charge on any atom is 0.258 e. The third kappa shape index (κ3) is 2.70. The summed E-state index contributed by atoms with van der Waals surface area (Å²) in [7, 11) is 0. The standard InChI is InChI=1S/C15H19N3O3/c1-10-12(7-9-20-10)15(19)18-8-5-3-4-6-13(18)14-17-16-11(2)21-14/h7,9,13H,3-6,8H2,1-2H3. The van der Waals surface area contributed by atoms with Crippen LogP contribution >= 0.6 is 0 Å². The summed E-state index contributed by atoms with van der Waals surface area (Å²) in [4.78, 5) is 14.6. The molecule has 112 valence electrons. The summed E-state index contributed by atoms with van der Waals surface area (Å²) in [6.07, 6.45) is 5.56. The highest BCUT2D eigenvalue weighted by atomic mass is 16.4. The average molecular weight is 289 g/mol. The van der Waals surface area contributed by atoms with Gasteiger partial charge in [-0.1, -0.05) is 12.8 Å². The van der Waals surface area contributed by atoms with Crippen molar-refractivity contribution in [2.75, 3.05) is 6.54 Å². The van der Waals surface area contributed by atoms with Gasteiger partial charge >= 0.3 is 0 Å². The zero-order valence-electron chi connectivity index (χ0n) is 12.3. The fourth-order valence-electron chi connectivity index (χ4n) is 2.82. The second-order valence-corrected chi connectivity index (χ2v) is 5.41. The van der Waals surface area contributed by atoms with Gasteiger partial charge in [-0.15, -0.1) is 10.2 Å². The third-order valence-electron chi connectivity index (χ3n) is 3.93. The quantitative estimate of drug-likeness (QED) is 0.849. The highest BCUT2D eigenvalue weighted by Crippen LogP contribution is 2.31. The van der Waals surface area contributed by atoms with Gasteiger partial charge in [0.05, 0.1) is 11.8 Å². The number of aryl methyl sites for hydroxylation is 2. The van der Waals surface area contributed by atoms with Gasteiger partial charge in [0.25, 0.3) is 5.91 Å². The van der Waals surface area contributed by atoms with Crippen LogP contribution in [0.2, 0.25) is 0 Å². The van der Waals surface area contributed by atoms with Crippen molar-refractivity contribution in [1.29, 1.82) is 0 Å². The summed E-state index contributed by atoms with van der Waals surface area (Å²) in [5.74, 6) is 1.68. The summed E-state index contributed by atoms with van der Waals surface area (Å²) in [6.45, 7) is 4.27. The molecule has 1 unspecified atom stereocenters. The molecule has 1 saturated heterocycles. The molecular formula is C15H19N3O3. The predicted octanol–water partition coefficient (Wildman–Crippen LogP) is 3.04. The minimum atomic E-state index is -0.143. The Hall–Kier alpha value is -2.11. The molecule has 0 N–H and O–H groups in total. The molecule has 1 aliphatic rings. The van der Waals surface area contributed by atoms with Crippen molar-refractivity contribution in [2.45, 2.75) is 45.6 Å². The molecule has 1 aliphatic heterocycles. The van der Waals surface area contributed by atoms with E-state index in [4.69, 9.17) is 8.83 Å². The summed E-state index contributed by atoms with van der Waals surface area (Å²) < 4.78 is 10.8. The molecule has 21 heavy (non-hydrogen) atoms. The first-order chi connectivity index (χ1) is 10.2. The molecule has 2 aromatic heterocycles. The zero-order chi connectivity index (χ0) is 14.8. The van der Waals surface area contributed by atoms with E-state index in [1.54, 1.807) is 26.2 Å². The molecule has 6 nitrogen and oxygen atoms in total. The highest BCUT2D eigenvalue weighted by molar-refractivity contribution is 5.95. The summed E-state index contributed by atoms with van der Waals surface area (Å²) in [5, 5.41) is 8.01. The second-order valence-electron chi connectivity index (χ2n) is 5.41. The lowest BCUT2D eigenvalue weighted by molar-refractivity contribution is 0.0649. The zero-order valence-corrected chi connectivity index (χ0v) is 12.3. The normalized spacial score (nSPS) is 19.5. The van der Waals surface area contributed by atoms with Gasteiger partial charge in [0.2, 0.25) is 11.8 Å². The summed E-state index contributed by atoms with van der Waals surface area (Å²) >= 11 is 0. The number of rotatable bonds is 2. The fourth-order valence-corrected chi connectivity index (χ4v) is 2.82. The van der Waals surface area contributed by atoms with E-state index in [0.29, 0.717) is 29.6 Å². The molecular weight excluding hydrogens is 270 g/mol. The van der Waals surface area contributed by atoms with Crippen molar-refractivity contribution in [2.24, 2.45) is 0 Å². The lowest BCUT2D eigenvalue weighted by Crippen LogP contribution is -2.35. The number of likely N-dealkylation sites (tertiary alicyclic amines) is 1. The van der Waals surface area contributed by atoms with E-state index < -0.39 is 0 Å². The van der Waals surface area contributed by atoms with E-state index >= 15 is 0 Å². The molecule has 1 atom stereocenters. The largest absolute Gasteiger partial charge is 0.469 e. The number of carbonyl (C=O) groups excluding carboxylic acids is 1. The molecule has 0 saturated carbocycles. The molecule has 0 aliphatic carbocycles. The van der Waals surface area contributed by atoms with Crippen LogP contribution in [0.4, 0.5) is 0 Å². The molecule has 0 radical (unpaired) electrons. The van der Waals surface area contributed by atoms with Crippen LogP contribution in [0.25, 0.3) is 0 Å².